The Hall–Kier alpha value is -10.5. The number of aromatic nitrogens is 4. The normalized spacial score (nSPS) is 11.6. The molecular weight excluding hydrogens is 971 g/mol. The van der Waals surface area contributed by atoms with Crippen LogP contribution in [-0.4, -0.2) is 18.7 Å². The van der Waals surface area contributed by atoms with Crippen molar-refractivity contribution < 1.29 is 0 Å². The molecule has 5 nitrogen and oxygen atoms in total. The van der Waals surface area contributed by atoms with Gasteiger partial charge in [0.15, 0.2) is 0 Å². The van der Waals surface area contributed by atoms with Crippen molar-refractivity contribution in [2.75, 3.05) is 4.90 Å². The van der Waals surface area contributed by atoms with E-state index in [-0.39, 0.29) is 0 Å². The van der Waals surface area contributed by atoms with Gasteiger partial charge >= 0.3 is 0 Å². The second-order valence-electron chi connectivity index (χ2n) is 21.0. The third-order valence-corrected chi connectivity index (χ3v) is 15.9. The van der Waals surface area contributed by atoms with Crippen LogP contribution >= 0.6 is 0 Å². The van der Waals surface area contributed by atoms with Gasteiger partial charge in [-0.3, -0.25) is 4.57 Å². The molecule has 5 heteroatoms. The number of imidazole rings is 1. The van der Waals surface area contributed by atoms with Gasteiger partial charge in [0.1, 0.15) is 5.82 Å². The van der Waals surface area contributed by atoms with Gasteiger partial charge in [-0.2, -0.15) is 0 Å². The Balaban J connectivity index is 0.939. The van der Waals surface area contributed by atoms with Gasteiger partial charge in [0.2, 0.25) is 0 Å². The molecule has 80 heavy (non-hydrogen) atoms. The second-order valence-corrected chi connectivity index (χ2v) is 21.0. The van der Waals surface area contributed by atoms with Gasteiger partial charge in [-0.05, 0) is 169 Å². The maximum Gasteiger partial charge on any atom is 0.145 e. The molecule has 0 atom stereocenters. The third-order valence-electron chi connectivity index (χ3n) is 15.9. The Kier molecular flexibility index (Phi) is 11.2. The number of anilines is 3. The molecule has 0 N–H and O–H groups in total. The van der Waals surface area contributed by atoms with E-state index in [2.05, 4.69) is 318 Å². The molecule has 0 spiro atoms. The topological polar surface area (TPSA) is 30.9 Å². The van der Waals surface area contributed by atoms with Crippen molar-refractivity contribution in [1.82, 2.24) is 18.7 Å². The van der Waals surface area contributed by atoms with Crippen molar-refractivity contribution in [3.05, 3.63) is 296 Å². The van der Waals surface area contributed by atoms with Gasteiger partial charge < -0.3 is 14.0 Å². The van der Waals surface area contributed by atoms with Crippen molar-refractivity contribution in [1.29, 1.82) is 0 Å². The van der Waals surface area contributed by atoms with E-state index in [0.717, 1.165) is 89.9 Å². The number of benzene rings is 12. The Morgan fingerprint density at radius 3 is 1.07 bits per heavy atom. The summed E-state index contributed by atoms with van der Waals surface area (Å²) in [5.41, 5.74) is 23.5. The van der Waals surface area contributed by atoms with E-state index in [0.29, 0.717) is 0 Å². The summed E-state index contributed by atoms with van der Waals surface area (Å²) in [7, 11) is 0. The van der Waals surface area contributed by atoms with Gasteiger partial charge in [-0.25, -0.2) is 4.98 Å². The van der Waals surface area contributed by atoms with Gasteiger partial charge in [-0.1, -0.05) is 175 Å². The van der Waals surface area contributed by atoms with Gasteiger partial charge in [0.25, 0.3) is 0 Å². The van der Waals surface area contributed by atoms with E-state index in [1.165, 1.54) is 54.7 Å². The predicted octanol–water partition coefficient (Wildman–Crippen LogP) is 20.0. The van der Waals surface area contributed by atoms with Crippen LogP contribution in [-0.2, 0) is 0 Å². The summed E-state index contributed by atoms with van der Waals surface area (Å²) in [4.78, 5) is 7.57. The highest BCUT2D eigenvalue weighted by atomic mass is 15.1. The van der Waals surface area contributed by atoms with E-state index < -0.39 is 0 Å². The fraction of sp³-hybridized carbons (Fsp3) is 0.0267. The van der Waals surface area contributed by atoms with E-state index in [1.54, 1.807) is 0 Å². The lowest BCUT2D eigenvalue weighted by Crippen LogP contribution is -2.09. The van der Waals surface area contributed by atoms with E-state index in [9.17, 15) is 0 Å². The smallest absolute Gasteiger partial charge is 0.145 e. The van der Waals surface area contributed by atoms with Crippen LogP contribution in [0, 0.1) is 13.8 Å². The molecule has 0 radical (unpaired) electrons. The third kappa shape index (κ3) is 8.06. The zero-order valence-electron chi connectivity index (χ0n) is 44.4. The minimum Gasteiger partial charge on any atom is -0.311 e. The van der Waals surface area contributed by atoms with Crippen LogP contribution in [0.2, 0.25) is 0 Å². The lowest BCUT2D eigenvalue weighted by atomic mass is 9.92. The standard InChI is InChI=1S/C75H53N5/c1-50-28-38-60(39-29-50)77(61-40-30-51(2)31-41-61)62-42-36-53(37-43-62)56-44-55(52-32-34-54(35-33-52)75-76-69-22-10-15-27-74(69)80(75)59-16-4-3-5-17-59)45-57(46-56)58-47-63(78-70-23-11-6-18-65(70)66-19-7-12-24-71(66)78)49-64(48-58)79-72-25-13-8-20-67(72)68-21-9-14-26-73(68)79/h3-49H,1-2H3. The van der Waals surface area contributed by atoms with E-state index >= 15 is 0 Å². The van der Waals surface area contributed by atoms with Crippen molar-refractivity contribution >= 4 is 71.7 Å². The molecule has 0 unspecified atom stereocenters. The molecule has 0 aliphatic carbocycles. The van der Waals surface area contributed by atoms with Crippen LogP contribution in [0.15, 0.2) is 285 Å². The SMILES string of the molecule is Cc1ccc(N(c2ccc(C)cc2)c2ccc(-c3cc(-c4ccc(-c5nc6ccccc6n5-c5ccccc5)cc4)cc(-c4cc(-n5c6ccccc6c6ccccc65)cc(-n5c6ccccc6c6ccccc65)c4)c3)cc2)cc1. The van der Waals surface area contributed by atoms with Gasteiger partial charge in [0.05, 0.1) is 33.1 Å². The molecule has 15 rings (SSSR count). The highest BCUT2D eigenvalue weighted by Crippen LogP contribution is 2.42. The molecule has 3 aromatic heterocycles. The van der Waals surface area contributed by atoms with Gasteiger partial charge in [-0.15, -0.1) is 0 Å². The highest BCUT2D eigenvalue weighted by Gasteiger charge is 2.20. The first-order valence-electron chi connectivity index (χ1n) is 27.4. The van der Waals surface area contributed by atoms with Crippen LogP contribution in [0.3, 0.4) is 0 Å². The Labute approximate surface area is 464 Å². The first kappa shape index (κ1) is 46.8. The number of nitrogens with zero attached hydrogens (tertiary/aromatic N) is 5. The van der Waals surface area contributed by atoms with Crippen molar-refractivity contribution in [3.8, 4) is 61.8 Å². The number of para-hydroxylation sites is 7. The average Bonchev–Trinajstić information content (AvgIpc) is 4.36. The molecule has 0 aliphatic rings. The Morgan fingerprint density at radius 1 is 0.263 bits per heavy atom. The minimum atomic E-state index is 0.906. The van der Waals surface area contributed by atoms with E-state index in [4.69, 9.17) is 4.98 Å². The molecule has 3 heterocycles. The summed E-state index contributed by atoms with van der Waals surface area (Å²) in [6.07, 6.45) is 0. The summed E-state index contributed by atoms with van der Waals surface area (Å²) < 4.78 is 7.17. The van der Waals surface area contributed by atoms with Crippen LogP contribution in [0.25, 0.3) is 116 Å². The summed E-state index contributed by atoms with van der Waals surface area (Å²) in [5.74, 6) is 0.906. The van der Waals surface area contributed by atoms with Crippen LogP contribution < -0.4 is 4.90 Å². The highest BCUT2D eigenvalue weighted by molar-refractivity contribution is 6.11. The summed E-state index contributed by atoms with van der Waals surface area (Å²) in [5, 5.41) is 4.91. The number of rotatable bonds is 10. The lowest BCUT2D eigenvalue weighted by Gasteiger charge is -2.26. The monoisotopic (exact) mass is 1020 g/mol. The Morgan fingerprint density at radius 2 is 0.613 bits per heavy atom. The lowest BCUT2D eigenvalue weighted by molar-refractivity contribution is 1.10. The summed E-state index contributed by atoms with van der Waals surface area (Å²) in [6, 6.07) is 104. The number of aryl methyl sites for hydroxylation is 2. The number of hydrogen-bond donors (Lipinski definition) is 0. The maximum atomic E-state index is 5.22. The molecule has 378 valence electrons. The van der Waals surface area contributed by atoms with E-state index in [1.807, 2.05) is 0 Å². The quantitative estimate of drug-likeness (QED) is 0.137. The molecule has 0 bridgehead atoms. The molecule has 0 fully saturated rings. The zero-order chi connectivity index (χ0) is 53.3. The summed E-state index contributed by atoms with van der Waals surface area (Å²) in [6.45, 7) is 4.28. The molecule has 0 saturated carbocycles. The van der Waals surface area contributed by atoms with Crippen LogP contribution in [0.5, 0.6) is 0 Å². The molecule has 0 saturated heterocycles. The molecular formula is C75H53N5. The van der Waals surface area contributed by atoms with Crippen LogP contribution in [0.4, 0.5) is 17.1 Å². The first-order chi connectivity index (χ1) is 39.5. The molecule has 15 aromatic rings. The Bertz CT molecular complexity index is 4530. The average molecular weight is 1020 g/mol. The number of fused-ring (bicyclic) bond motifs is 7. The first-order valence-corrected chi connectivity index (χ1v) is 27.4. The minimum absolute atomic E-state index is 0.906. The fourth-order valence-electron chi connectivity index (χ4n) is 12.1. The van der Waals surface area contributed by atoms with Crippen molar-refractivity contribution in [2.45, 2.75) is 13.8 Å². The molecule has 0 aliphatic heterocycles. The van der Waals surface area contributed by atoms with Gasteiger partial charge in [0, 0.05) is 61.2 Å². The summed E-state index contributed by atoms with van der Waals surface area (Å²) >= 11 is 0. The van der Waals surface area contributed by atoms with Crippen LogP contribution in [0.1, 0.15) is 11.1 Å². The second kappa shape index (κ2) is 19.2. The largest absolute Gasteiger partial charge is 0.311 e. The molecule has 0 amide bonds. The zero-order valence-corrected chi connectivity index (χ0v) is 44.4. The predicted molar refractivity (Wildman–Crippen MR) is 336 cm³/mol. The molecule has 12 aromatic carbocycles. The van der Waals surface area contributed by atoms with Crippen molar-refractivity contribution in [2.24, 2.45) is 0 Å². The number of hydrogen-bond acceptors (Lipinski definition) is 2. The van der Waals surface area contributed by atoms with Crippen molar-refractivity contribution in [3.63, 3.8) is 0 Å². The fourth-order valence-corrected chi connectivity index (χ4v) is 12.1. The maximum absolute atomic E-state index is 5.22.